The van der Waals surface area contributed by atoms with Crippen LogP contribution in [-0.4, -0.2) is 28.3 Å². The van der Waals surface area contributed by atoms with E-state index in [1.165, 1.54) is 4.57 Å². The minimum atomic E-state index is -1.52. The van der Waals surface area contributed by atoms with Crippen LogP contribution >= 0.6 is 0 Å². The summed E-state index contributed by atoms with van der Waals surface area (Å²) >= 11 is 0. The largest absolute Gasteiger partial charge is 0.459 e. The van der Waals surface area contributed by atoms with Crippen LogP contribution in [0.25, 0.3) is 10.9 Å². The number of nitrogens with zero attached hydrogens (tertiary/aromatic N) is 1. The van der Waals surface area contributed by atoms with E-state index in [1.54, 1.807) is 19.2 Å². The molecule has 0 bridgehead atoms. The average Bonchev–Trinajstić information content (AvgIpc) is 3.41. The van der Waals surface area contributed by atoms with Crippen LogP contribution in [0.5, 0.6) is 0 Å². The van der Waals surface area contributed by atoms with Crippen molar-refractivity contribution in [3.05, 3.63) is 144 Å². The normalized spacial score (nSPS) is 12.2. The van der Waals surface area contributed by atoms with E-state index < -0.39 is 23.7 Å². The number of ether oxygens (including phenoxy) is 3. The molecule has 8 nitrogen and oxygen atoms in total. The lowest BCUT2D eigenvalue weighted by Crippen LogP contribution is -2.54. The monoisotopic (exact) mass is 576 g/mol. The van der Waals surface area contributed by atoms with Crippen LogP contribution in [0, 0.1) is 0 Å². The van der Waals surface area contributed by atoms with Gasteiger partial charge in [0.2, 0.25) is 0 Å². The van der Waals surface area contributed by atoms with Gasteiger partial charge in [-0.25, -0.2) is 14.4 Å². The van der Waals surface area contributed by atoms with E-state index in [-0.39, 0.29) is 26.2 Å². The smallest absolute Gasteiger partial charge is 0.418 e. The number of amides is 1. The topological polar surface area (TPSA) is 95.9 Å². The molecule has 1 atom stereocenters. The van der Waals surface area contributed by atoms with Crippen LogP contribution in [0.4, 0.5) is 9.59 Å². The number of carbonyl (C=O) groups excluding carboxylic acids is 3. The van der Waals surface area contributed by atoms with Crippen molar-refractivity contribution in [1.29, 1.82) is 0 Å². The van der Waals surface area contributed by atoms with Crippen molar-refractivity contribution >= 4 is 29.1 Å². The van der Waals surface area contributed by atoms with Gasteiger partial charge in [-0.2, -0.15) is 0 Å². The van der Waals surface area contributed by atoms with Crippen LogP contribution in [-0.2, 0) is 45.2 Å². The zero-order valence-corrected chi connectivity index (χ0v) is 23.8. The van der Waals surface area contributed by atoms with Crippen LogP contribution in [0.2, 0.25) is 0 Å². The van der Waals surface area contributed by atoms with Crippen molar-refractivity contribution in [2.45, 2.75) is 38.7 Å². The Bertz CT molecular complexity index is 1690. The molecule has 0 aliphatic carbocycles. The van der Waals surface area contributed by atoms with Gasteiger partial charge in [-0.15, -0.1) is 0 Å². The highest BCUT2D eigenvalue weighted by Crippen LogP contribution is 2.27. The molecule has 0 unspecified atom stereocenters. The summed E-state index contributed by atoms with van der Waals surface area (Å²) in [6, 6.07) is 35.3. The molecule has 8 heteroatoms. The van der Waals surface area contributed by atoms with Gasteiger partial charge in [0.15, 0.2) is 0 Å². The van der Waals surface area contributed by atoms with Gasteiger partial charge in [-0.05, 0) is 35.2 Å². The Morgan fingerprint density at radius 1 is 0.651 bits per heavy atom. The number of esters is 1. The van der Waals surface area contributed by atoms with Gasteiger partial charge in [0.1, 0.15) is 25.4 Å². The standard InChI is InChI=1S/C35H32N2O6/c1-35(32(38)41-23-26-13-5-2-6-14-26,36-33(39)42-24-27-15-7-3-8-16-27)21-29-22-37(31-20-12-11-19-30(29)31)34(40)43-25-28-17-9-4-10-18-28/h2-20,22H,21,23-25H2,1H3,(H,36,39)/t35-/m1/s1. The average molecular weight is 577 g/mol. The van der Waals surface area contributed by atoms with Gasteiger partial charge in [-0.1, -0.05) is 109 Å². The third-order valence-electron chi connectivity index (χ3n) is 6.99. The van der Waals surface area contributed by atoms with Crippen LogP contribution < -0.4 is 5.32 Å². The van der Waals surface area contributed by atoms with E-state index in [1.807, 2.05) is 109 Å². The quantitative estimate of drug-likeness (QED) is 0.145. The van der Waals surface area contributed by atoms with E-state index in [0.29, 0.717) is 11.1 Å². The highest BCUT2D eigenvalue weighted by Gasteiger charge is 2.38. The Labute approximate surface area is 249 Å². The number of hydrogen-bond donors (Lipinski definition) is 1. The fourth-order valence-corrected chi connectivity index (χ4v) is 4.75. The molecule has 0 spiro atoms. The number of carbonyl (C=O) groups is 3. The number of aromatic nitrogens is 1. The van der Waals surface area contributed by atoms with Crippen molar-refractivity contribution < 1.29 is 28.6 Å². The Kier molecular flexibility index (Phi) is 9.17. The second kappa shape index (κ2) is 13.5. The maximum atomic E-state index is 13.6. The van der Waals surface area contributed by atoms with E-state index in [2.05, 4.69) is 5.32 Å². The predicted molar refractivity (Wildman–Crippen MR) is 162 cm³/mol. The molecule has 1 amide bonds. The molecule has 0 aliphatic heterocycles. The molecule has 1 heterocycles. The Morgan fingerprint density at radius 3 is 1.72 bits per heavy atom. The molecule has 0 aliphatic rings. The van der Waals surface area contributed by atoms with Crippen LogP contribution in [0.3, 0.4) is 0 Å². The molecule has 5 aromatic rings. The van der Waals surface area contributed by atoms with Gasteiger partial charge >= 0.3 is 18.2 Å². The first-order valence-electron chi connectivity index (χ1n) is 13.9. The number of hydrogen-bond acceptors (Lipinski definition) is 6. The van der Waals surface area contributed by atoms with Crippen molar-refractivity contribution in [1.82, 2.24) is 9.88 Å². The summed E-state index contributed by atoms with van der Waals surface area (Å²) in [6.07, 6.45) is 0.335. The summed E-state index contributed by atoms with van der Waals surface area (Å²) < 4.78 is 18.1. The Morgan fingerprint density at radius 2 is 1.14 bits per heavy atom. The first-order valence-corrected chi connectivity index (χ1v) is 13.9. The molecule has 0 saturated carbocycles. The maximum absolute atomic E-state index is 13.6. The third kappa shape index (κ3) is 7.48. The van der Waals surface area contributed by atoms with Crippen molar-refractivity contribution in [3.8, 4) is 0 Å². The van der Waals surface area contributed by atoms with Gasteiger partial charge < -0.3 is 19.5 Å². The molecule has 43 heavy (non-hydrogen) atoms. The summed E-state index contributed by atoms with van der Waals surface area (Å²) in [7, 11) is 0. The minimum Gasteiger partial charge on any atom is -0.459 e. The highest BCUT2D eigenvalue weighted by atomic mass is 16.6. The third-order valence-corrected chi connectivity index (χ3v) is 6.99. The molecule has 1 N–H and O–H groups in total. The summed E-state index contributed by atoms with van der Waals surface area (Å²) in [5, 5.41) is 3.47. The van der Waals surface area contributed by atoms with Crippen molar-refractivity contribution in [2.75, 3.05) is 0 Å². The van der Waals surface area contributed by atoms with Crippen molar-refractivity contribution in [2.24, 2.45) is 0 Å². The van der Waals surface area contributed by atoms with Crippen LogP contribution in [0.1, 0.15) is 29.2 Å². The number of alkyl carbamates (subject to hydrolysis) is 1. The summed E-state index contributed by atoms with van der Waals surface area (Å²) in [6.45, 7) is 1.77. The fourth-order valence-electron chi connectivity index (χ4n) is 4.75. The molecular formula is C35H32N2O6. The summed E-state index contributed by atoms with van der Waals surface area (Å²) in [5.74, 6) is -0.642. The lowest BCUT2D eigenvalue weighted by atomic mass is 9.92. The molecule has 0 saturated heterocycles. The lowest BCUT2D eigenvalue weighted by Gasteiger charge is -2.28. The fraction of sp³-hybridized carbons (Fsp3) is 0.171. The molecule has 1 aromatic heterocycles. The number of rotatable bonds is 10. The molecule has 218 valence electrons. The van der Waals surface area contributed by atoms with Crippen LogP contribution in [0.15, 0.2) is 121 Å². The Balaban J connectivity index is 1.38. The number of para-hydroxylation sites is 1. The van der Waals surface area contributed by atoms with E-state index >= 15 is 0 Å². The summed E-state index contributed by atoms with van der Waals surface area (Å²) in [5.41, 5.74) is 2.22. The Hall–Kier alpha value is -5.37. The highest BCUT2D eigenvalue weighted by molar-refractivity contribution is 5.93. The molecule has 0 fully saturated rings. The first kappa shape index (κ1) is 29.1. The van der Waals surface area contributed by atoms with Gasteiger partial charge in [0.25, 0.3) is 0 Å². The molecule has 5 rings (SSSR count). The predicted octanol–water partition coefficient (Wildman–Crippen LogP) is 6.80. The van der Waals surface area contributed by atoms with E-state index in [0.717, 1.165) is 22.1 Å². The minimum absolute atomic E-state index is 0.0283. The van der Waals surface area contributed by atoms with Crippen molar-refractivity contribution in [3.63, 3.8) is 0 Å². The van der Waals surface area contributed by atoms with E-state index in [9.17, 15) is 14.4 Å². The molecule has 0 radical (unpaired) electrons. The second-order valence-corrected chi connectivity index (χ2v) is 10.3. The SMILES string of the molecule is C[C@](Cc1cn(C(=O)OCc2ccccc2)c2ccccc12)(NC(=O)OCc1ccccc1)C(=O)OCc1ccccc1. The van der Waals surface area contributed by atoms with E-state index in [4.69, 9.17) is 14.2 Å². The van der Waals surface area contributed by atoms with Gasteiger partial charge in [0, 0.05) is 18.0 Å². The maximum Gasteiger partial charge on any atom is 0.418 e. The zero-order chi connectivity index (χ0) is 30.1. The summed E-state index contributed by atoms with van der Waals surface area (Å²) in [4.78, 5) is 39.7. The van der Waals surface area contributed by atoms with Gasteiger partial charge in [-0.3, -0.25) is 4.57 Å². The lowest BCUT2D eigenvalue weighted by molar-refractivity contribution is -0.152. The number of fused-ring (bicyclic) bond motifs is 1. The number of nitrogens with one attached hydrogen (secondary N) is 1. The molecular weight excluding hydrogens is 544 g/mol. The number of benzene rings is 4. The molecule has 4 aromatic carbocycles. The zero-order valence-electron chi connectivity index (χ0n) is 23.8. The first-order chi connectivity index (χ1) is 20.9. The van der Waals surface area contributed by atoms with Gasteiger partial charge in [0.05, 0.1) is 5.52 Å². The second-order valence-electron chi connectivity index (χ2n) is 10.3.